The second-order valence-electron chi connectivity index (χ2n) is 3.27. The normalized spacial score (nSPS) is 12.9. The molecule has 14 heavy (non-hydrogen) atoms. The van der Waals surface area contributed by atoms with Gasteiger partial charge in [0.25, 0.3) is 0 Å². The maximum Gasteiger partial charge on any atom is 0.0474 e. The van der Waals surface area contributed by atoms with Gasteiger partial charge in [-0.3, -0.25) is 0 Å². The molecule has 1 rings (SSSR count). The van der Waals surface area contributed by atoms with Crippen LogP contribution in [0.3, 0.4) is 0 Å². The highest BCUT2D eigenvalue weighted by atomic mass is 35.5. The third kappa shape index (κ3) is 3.46. The molecule has 0 aliphatic rings. The Morgan fingerprint density at radius 2 is 1.79 bits per heavy atom. The SMILES string of the molecule is NCC(CO)Cc1cc(Cl)cc(Cl)c1. The Kier molecular flexibility index (Phi) is 4.69. The molecule has 0 aromatic heterocycles. The van der Waals surface area contributed by atoms with E-state index in [1.807, 2.05) is 12.1 Å². The number of halogens is 2. The van der Waals surface area contributed by atoms with Crippen LogP contribution in [0.1, 0.15) is 5.56 Å². The fourth-order valence-corrected chi connectivity index (χ4v) is 1.86. The molecule has 2 nitrogen and oxygen atoms in total. The van der Waals surface area contributed by atoms with Crippen LogP contribution in [0.15, 0.2) is 18.2 Å². The lowest BCUT2D eigenvalue weighted by atomic mass is 10.0. The molecular formula is C10H13Cl2NO. The third-order valence-electron chi connectivity index (χ3n) is 2.04. The van der Waals surface area contributed by atoms with E-state index in [0.717, 1.165) is 5.56 Å². The number of aliphatic hydroxyl groups excluding tert-OH is 1. The van der Waals surface area contributed by atoms with Crippen LogP contribution in [0, 0.1) is 5.92 Å². The predicted octanol–water partition coefficient (Wildman–Crippen LogP) is 2.10. The zero-order valence-corrected chi connectivity index (χ0v) is 9.22. The maximum atomic E-state index is 8.98. The van der Waals surface area contributed by atoms with Gasteiger partial charge in [-0.15, -0.1) is 0 Å². The van der Waals surface area contributed by atoms with Crippen molar-refractivity contribution in [3.8, 4) is 0 Å². The molecule has 1 unspecified atom stereocenters. The van der Waals surface area contributed by atoms with Gasteiger partial charge >= 0.3 is 0 Å². The van der Waals surface area contributed by atoms with E-state index >= 15 is 0 Å². The van der Waals surface area contributed by atoms with Crippen LogP contribution in [-0.4, -0.2) is 18.3 Å². The molecule has 3 N–H and O–H groups in total. The van der Waals surface area contributed by atoms with E-state index in [-0.39, 0.29) is 12.5 Å². The minimum atomic E-state index is 0.0736. The van der Waals surface area contributed by atoms with Gasteiger partial charge in [-0.1, -0.05) is 23.2 Å². The van der Waals surface area contributed by atoms with Gasteiger partial charge < -0.3 is 10.8 Å². The van der Waals surface area contributed by atoms with E-state index in [0.29, 0.717) is 23.0 Å². The minimum Gasteiger partial charge on any atom is -0.396 e. The van der Waals surface area contributed by atoms with Gasteiger partial charge in [0.15, 0.2) is 0 Å². The van der Waals surface area contributed by atoms with Crippen LogP contribution in [-0.2, 0) is 6.42 Å². The average Bonchev–Trinajstić information content (AvgIpc) is 2.12. The van der Waals surface area contributed by atoms with Crippen molar-refractivity contribution in [3.63, 3.8) is 0 Å². The van der Waals surface area contributed by atoms with Gasteiger partial charge in [-0.25, -0.2) is 0 Å². The predicted molar refractivity (Wildman–Crippen MR) is 59.8 cm³/mol. The Morgan fingerprint density at radius 1 is 1.21 bits per heavy atom. The summed E-state index contributed by atoms with van der Waals surface area (Å²) in [6, 6.07) is 5.36. The molecule has 0 aliphatic heterocycles. The highest BCUT2D eigenvalue weighted by molar-refractivity contribution is 6.34. The van der Waals surface area contributed by atoms with Crippen LogP contribution in [0.5, 0.6) is 0 Å². The van der Waals surface area contributed by atoms with Gasteiger partial charge in [-0.2, -0.15) is 0 Å². The van der Waals surface area contributed by atoms with Crippen molar-refractivity contribution in [1.29, 1.82) is 0 Å². The van der Waals surface area contributed by atoms with Crippen LogP contribution in [0.4, 0.5) is 0 Å². The second-order valence-corrected chi connectivity index (χ2v) is 4.14. The Hall–Kier alpha value is -0.280. The van der Waals surface area contributed by atoms with E-state index in [1.165, 1.54) is 0 Å². The van der Waals surface area contributed by atoms with E-state index in [9.17, 15) is 0 Å². The van der Waals surface area contributed by atoms with E-state index < -0.39 is 0 Å². The van der Waals surface area contributed by atoms with E-state index in [4.69, 9.17) is 34.0 Å². The van der Waals surface area contributed by atoms with Gasteiger partial charge in [0.2, 0.25) is 0 Å². The number of rotatable bonds is 4. The average molecular weight is 234 g/mol. The topological polar surface area (TPSA) is 46.2 Å². The zero-order chi connectivity index (χ0) is 10.6. The van der Waals surface area contributed by atoms with Gasteiger partial charge in [0.1, 0.15) is 0 Å². The summed E-state index contributed by atoms with van der Waals surface area (Å²) in [6.45, 7) is 0.543. The van der Waals surface area contributed by atoms with Crippen molar-refractivity contribution in [3.05, 3.63) is 33.8 Å². The zero-order valence-electron chi connectivity index (χ0n) is 7.71. The van der Waals surface area contributed by atoms with Gasteiger partial charge in [0, 0.05) is 16.7 Å². The summed E-state index contributed by atoms with van der Waals surface area (Å²) in [4.78, 5) is 0. The molecule has 0 aliphatic carbocycles. The number of aliphatic hydroxyl groups is 1. The molecule has 0 bridgehead atoms. The summed E-state index contributed by atoms with van der Waals surface area (Å²) in [6.07, 6.45) is 0.702. The maximum absolute atomic E-state index is 8.98. The molecule has 1 aromatic rings. The van der Waals surface area contributed by atoms with Crippen molar-refractivity contribution >= 4 is 23.2 Å². The third-order valence-corrected chi connectivity index (χ3v) is 2.47. The summed E-state index contributed by atoms with van der Waals surface area (Å²) in [5.41, 5.74) is 6.49. The van der Waals surface area contributed by atoms with Crippen LogP contribution < -0.4 is 5.73 Å². The fourth-order valence-electron chi connectivity index (χ4n) is 1.28. The summed E-state index contributed by atoms with van der Waals surface area (Å²) in [5, 5.41) is 10.2. The Balaban J connectivity index is 2.75. The minimum absolute atomic E-state index is 0.0736. The smallest absolute Gasteiger partial charge is 0.0474 e. The van der Waals surface area contributed by atoms with E-state index in [1.54, 1.807) is 6.07 Å². The number of benzene rings is 1. The quantitative estimate of drug-likeness (QED) is 0.837. The monoisotopic (exact) mass is 233 g/mol. The van der Waals surface area contributed by atoms with Gasteiger partial charge in [-0.05, 0) is 42.6 Å². The first-order valence-electron chi connectivity index (χ1n) is 4.41. The Labute approximate surface area is 93.6 Å². The largest absolute Gasteiger partial charge is 0.396 e. The lowest BCUT2D eigenvalue weighted by Gasteiger charge is -2.11. The van der Waals surface area contributed by atoms with Gasteiger partial charge in [0.05, 0.1) is 0 Å². The summed E-state index contributed by atoms with van der Waals surface area (Å²) >= 11 is 11.7. The Bertz CT molecular complexity index is 280. The molecule has 0 saturated heterocycles. The first kappa shape index (κ1) is 11.8. The molecule has 0 heterocycles. The van der Waals surface area contributed by atoms with Crippen molar-refractivity contribution in [2.75, 3.05) is 13.2 Å². The highest BCUT2D eigenvalue weighted by Gasteiger charge is 2.07. The van der Waals surface area contributed by atoms with Crippen LogP contribution >= 0.6 is 23.2 Å². The van der Waals surface area contributed by atoms with Crippen LogP contribution in [0.2, 0.25) is 10.0 Å². The van der Waals surface area contributed by atoms with Crippen molar-refractivity contribution in [2.24, 2.45) is 11.7 Å². The molecule has 0 radical (unpaired) electrons. The number of hydrogen-bond donors (Lipinski definition) is 2. The first-order valence-corrected chi connectivity index (χ1v) is 5.17. The molecule has 4 heteroatoms. The standard InChI is InChI=1S/C10H13Cl2NO/c11-9-2-7(3-10(12)4-9)1-8(5-13)6-14/h2-4,8,14H,1,5-6,13H2. The second kappa shape index (κ2) is 5.56. The Morgan fingerprint density at radius 3 is 2.21 bits per heavy atom. The summed E-state index contributed by atoms with van der Waals surface area (Å²) in [5.74, 6) is 0.0736. The number of hydrogen-bond acceptors (Lipinski definition) is 2. The molecule has 0 amide bonds. The molecule has 0 spiro atoms. The summed E-state index contributed by atoms with van der Waals surface area (Å²) < 4.78 is 0. The molecule has 0 fully saturated rings. The van der Waals surface area contributed by atoms with E-state index in [2.05, 4.69) is 0 Å². The van der Waals surface area contributed by atoms with Crippen molar-refractivity contribution in [2.45, 2.75) is 6.42 Å². The molecule has 1 atom stereocenters. The molecule has 0 saturated carbocycles. The molecular weight excluding hydrogens is 221 g/mol. The highest BCUT2D eigenvalue weighted by Crippen LogP contribution is 2.20. The van der Waals surface area contributed by atoms with Crippen molar-refractivity contribution < 1.29 is 5.11 Å². The van der Waals surface area contributed by atoms with Crippen LogP contribution in [0.25, 0.3) is 0 Å². The fraction of sp³-hybridized carbons (Fsp3) is 0.400. The van der Waals surface area contributed by atoms with Crippen molar-refractivity contribution in [1.82, 2.24) is 0 Å². The number of nitrogens with two attached hydrogens (primary N) is 1. The lowest BCUT2D eigenvalue weighted by molar-refractivity contribution is 0.230. The summed E-state index contributed by atoms with van der Waals surface area (Å²) in [7, 11) is 0. The lowest BCUT2D eigenvalue weighted by Crippen LogP contribution is -2.20. The molecule has 78 valence electrons. The first-order chi connectivity index (χ1) is 6.65. The molecule has 1 aromatic carbocycles.